The maximum absolute atomic E-state index is 5.35. The maximum Gasteiger partial charge on any atom is 0.0494 e. The van der Waals surface area contributed by atoms with Gasteiger partial charge in [-0.05, 0) is 38.8 Å². The third kappa shape index (κ3) is 2.67. The molecule has 1 heterocycles. The van der Waals surface area contributed by atoms with Gasteiger partial charge in [0.2, 0.25) is 0 Å². The van der Waals surface area contributed by atoms with Crippen molar-refractivity contribution >= 4 is 0 Å². The fraction of sp³-hybridized carbons (Fsp3) is 1.00. The van der Waals surface area contributed by atoms with E-state index < -0.39 is 0 Å². The van der Waals surface area contributed by atoms with Crippen LogP contribution in [0, 0.1) is 5.92 Å². The summed E-state index contributed by atoms with van der Waals surface area (Å²) in [6, 6.07) is 0. The molecule has 1 atom stereocenters. The lowest BCUT2D eigenvalue weighted by Crippen LogP contribution is -2.21. The number of nitrogens with one attached hydrogen (secondary N) is 1. The molecule has 1 rings (SSSR count). The molecule has 0 radical (unpaired) electrons. The van der Waals surface area contributed by atoms with Gasteiger partial charge in [0.05, 0.1) is 0 Å². The Bertz CT molecular complexity index is 79.3. The van der Waals surface area contributed by atoms with E-state index in [4.69, 9.17) is 4.74 Å². The van der Waals surface area contributed by atoms with Crippen LogP contribution in [0.1, 0.15) is 19.3 Å². The van der Waals surface area contributed by atoms with E-state index in [1.807, 2.05) is 7.05 Å². The van der Waals surface area contributed by atoms with Crippen molar-refractivity contribution in [2.24, 2.45) is 5.92 Å². The average molecular weight is 143 g/mol. The highest BCUT2D eigenvalue weighted by molar-refractivity contribution is 4.63. The second kappa shape index (κ2) is 4.69. The molecule has 1 N–H and O–H groups in total. The maximum atomic E-state index is 5.35. The Morgan fingerprint density at radius 1 is 1.60 bits per heavy atom. The van der Waals surface area contributed by atoms with Crippen LogP contribution in [0.15, 0.2) is 0 Å². The van der Waals surface area contributed by atoms with Crippen LogP contribution in [0.2, 0.25) is 0 Å². The zero-order chi connectivity index (χ0) is 7.23. The van der Waals surface area contributed by atoms with Crippen LogP contribution in [0.3, 0.4) is 0 Å². The summed E-state index contributed by atoms with van der Waals surface area (Å²) in [4.78, 5) is 0. The van der Waals surface area contributed by atoms with E-state index in [-0.39, 0.29) is 0 Å². The van der Waals surface area contributed by atoms with Gasteiger partial charge in [0.1, 0.15) is 0 Å². The molecule has 60 valence electrons. The Hall–Kier alpha value is -0.0800. The van der Waals surface area contributed by atoms with Gasteiger partial charge in [-0.1, -0.05) is 0 Å². The molecule has 0 aromatic rings. The van der Waals surface area contributed by atoms with Gasteiger partial charge in [-0.2, -0.15) is 0 Å². The summed E-state index contributed by atoms with van der Waals surface area (Å²) >= 11 is 0. The Labute approximate surface area is 63.0 Å². The Morgan fingerprint density at radius 2 is 2.50 bits per heavy atom. The Balaban J connectivity index is 2.02. The molecule has 0 aromatic heterocycles. The summed E-state index contributed by atoms with van der Waals surface area (Å²) in [5.41, 5.74) is 0. The highest BCUT2D eigenvalue weighted by Gasteiger charge is 2.12. The third-order valence-corrected chi connectivity index (χ3v) is 2.06. The van der Waals surface area contributed by atoms with E-state index >= 15 is 0 Å². The Morgan fingerprint density at radius 3 is 3.10 bits per heavy atom. The van der Waals surface area contributed by atoms with Crippen molar-refractivity contribution in [3.63, 3.8) is 0 Å². The van der Waals surface area contributed by atoms with E-state index in [2.05, 4.69) is 5.32 Å². The first kappa shape index (κ1) is 8.02. The van der Waals surface area contributed by atoms with Gasteiger partial charge in [0.15, 0.2) is 0 Å². The second-order valence-electron chi connectivity index (χ2n) is 2.98. The summed E-state index contributed by atoms with van der Waals surface area (Å²) in [6.45, 7) is 3.10. The summed E-state index contributed by atoms with van der Waals surface area (Å²) < 4.78 is 5.35. The lowest BCUT2D eigenvalue weighted by atomic mass is 9.99. The van der Waals surface area contributed by atoms with Gasteiger partial charge < -0.3 is 10.1 Å². The van der Waals surface area contributed by atoms with Crippen molar-refractivity contribution in [2.45, 2.75) is 19.3 Å². The largest absolute Gasteiger partial charge is 0.381 e. The SMILES string of the molecule is CNCC[C@@H]1CCCOC1. The molecule has 0 saturated carbocycles. The first-order chi connectivity index (χ1) is 4.93. The molecule has 1 aliphatic heterocycles. The summed E-state index contributed by atoms with van der Waals surface area (Å²) in [7, 11) is 2.00. The smallest absolute Gasteiger partial charge is 0.0494 e. The van der Waals surface area contributed by atoms with Crippen molar-refractivity contribution in [3.05, 3.63) is 0 Å². The molecule has 0 unspecified atom stereocenters. The predicted molar refractivity (Wildman–Crippen MR) is 42.1 cm³/mol. The van der Waals surface area contributed by atoms with Crippen molar-refractivity contribution in [1.82, 2.24) is 5.32 Å². The second-order valence-corrected chi connectivity index (χ2v) is 2.98. The molecule has 2 nitrogen and oxygen atoms in total. The summed E-state index contributed by atoms with van der Waals surface area (Å²) in [6.07, 6.45) is 3.90. The first-order valence-corrected chi connectivity index (χ1v) is 4.16. The fourth-order valence-electron chi connectivity index (χ4n) is 1.38. The molecule has 2 heteroatoms. The highest BCUT2D eigenvalue weighted by atomic mass is 16.5. The summed E-state index contributed by atoms with van der Waals surface area (Å²) in [5.74, 6) is 0.821. The first-order valence-electron chi connectivity index (χ1n) is 4.16. The molecule has 0 aromatic carbocycles. The van der Waals surface area contributed by atoms with E-state index in [0.717, 1.165) is 25.7 Å². The van der Waals surface area contributed by atoms with Crippen molar-refractivity contribution in [3.8, 4) is 0 Å². The monoisotopic (exact) mass is 143 g/mol. The minimum Gasteiger partial charge on any atom is -0.381 e. The zero-order valence-electron chi connectivity index (χ0n) is 6.73. The van der Waals surface area contributed by atoms with Crippen LogP contribution < -0.4 is 5.32 Å². The highest BCUT2D eigenvalue weighted by Crippen LogP contribution is 2.15. The van der Waals surface area contributed by atoms with E-state index in [9.17, 15) is 0 Å². The van der Waals surface area contributed by atoms with Gasteiger partial charge in [-0.25, -0.2) is 0 Å². The van der Waals surface area contributed by atoms with E-state index in [1.54, 1.807) is 0 Å². The molecule has 0 amide bonds. The lowest BCUT2D eigenvalue weighted by molar-refractivity contribution is 0.0520. The molecule has 0 spiro atoms. The standard InChI is InChI=1S/C8H17NO/c1-9-5-4-8-3-2-6-10-7-8/h8-9H,2-7H2,1H3/t8-/m0/s1. The minimum atomic E-state index is 0.821. The van der Waals surface area contributed by atoms with Gasteiger partial charge in [0.25, 0.3) is 0 Å². The normalized spacial score (nSPS) is 26.7. The van der Waals surface area contributed by atoms with Crippen LogP contribution in [-0.4, -0.2) is 26.8 Å². The van der Waals surface area contributed by atoms with Crippen molar-refractivity contribution in [2.75, 3.05) is 26.8 Å². The van der Waals surface area contributed by atoms with Gasteiger partial charge in [0, 0.05) is 13.2 Å². The van der Waals surface area contributed by atoms with Gasteiger partial charge >= 0.3 is 0 Å². The number of ether oxygens (including phenoxy) is 1. The van der Waals surface area contributed by atoms with Crippen molar-refractivity contribution in [1.29, 1.82) is 0 Å². The molecule has 10 heavy (non-hydrogen) atoms. The van der Waals surface area contributed by atoms with Crippen LogP contribution in [0.4, 0.5) is 0 Å². The minimum absolute atomic E-state index is 0.821. The quantitative estimate of drug-likeness (QED) is 0.637. The topological polar surface area (TPSA) is 21.3 Å². The zero-order valence-corrected chi connectivity index (χ0v) is 6.73. The molecule has 0 aliphatic carbocycles. The van der Waals surface area contributed by atoms with E-state index in [0.29, 0.717) is 0 Å². The third-order valence-electron chi connectivity index (χ3n) is 2.06. The average Bonchev–Trinajstić information content (AvgIpc) is 2.03. The fourth-order valence-corrected chi connectivity index (χ4v) is 1.38. The number of hydrogen-bond donors (Lipinski definition) is 1. The molecular weight excluding hydrogens is 126 g/mol. The predicted octanol–water partition coefficient (Wildman–Crippen LogP) is 1.02. The number of hydrogen-bond acceptors (Lipinski definition) is 2. The van der Waals surface area contributed by atoms with Crippen LogP contribution in [0.5, 0.6) is 0 Å². The van der Waals surface area contributed by atoms with Crippen LogP contribution in [0.25, 0.3) is 0 Å². The Kier molecular flexibility index (Phi) is 3.76. The molecule has 1 aliphatic rings. The lowest BCUT2D eigenvalue weighted by Gasteiger charge is -2.21. The molecular formula is C8H17NO. The molecule has 1 fully saturated rings. The van der Waals surface area contributed by atoms with Gasteiger partial charge in [-0.3, -0.25) is 0 Å². The van der Waals surface area contributed by atoms with Crippen molar-refractivity contribution < 1.29 is 4.74 Å². The van der Waals surface area contributed by atoms with Crippen LogP contribution >= 0.6 is 0 Å². The molecule has 0 bridgehead atoms. The van der Waals surface area contributed by atoms with Gasteiger partial charge in [-0.15, -0.1) is 0 Å². The van der Waals surface area contributed by atoms with E-state index in [1.165, 1.54) is 19.3 Å². The number of rotatable bonds is 3. The van der Waals surface area contributed by atoms with Crippen LogP contribution in [-0.2, 0) is 4.74 Å². The molecule has 1 saturated heterocycles. The summed E-state index contributed by atoms with van der Waals surface area (Å²) in [5, 5.41) is 3.16.